The summed E-state index contributed by atoms with van der Waals surface area (Å²) in [6.07, 6.45) is 3.45. The molecule has 0 aliphatic carbocycles. The summed E-state index contributed by atoms with van der Waals surface area (Å²) in [5, 5.41) is 4.09. The van der Waals surface area contributed by atoms with Crippen LogP contribution in [0.25, 0.3) is 0 Å². The van der Waals surface area contributed by atoms with Gasteiger partial charge in [-0.25, -0.2) is 9.37 Å². The summed E-state index contributed by atoms with van der Waals surface area (Å²) in [6.45, 7) is 3.21. The predicted molar refractivity (Wildman–Crippen MR) is 115 cm³/mol. The maximum Gasteiger partial charge on any atom is 0.146 e. The van der Waals surface area contributed by atoms with Gasteiger partial charge in [0.15, 0.2) is 0 Å². The van der Waals surface area contributed by atoms with Crippen molar-refractivity contribution in [1.29, 1.82) is 0 Å². The molecule has 0 atom stereocenters. The summed E-state index contributed by atoms with van der Waals surface area (Å²) in [5.41, 5.74) is 2.74. The zero-order valence-corrected chi connectivity index (χ0v) is 16.9. The fraction of sp³-hybridized carbons (Fsp3) is 0.273. The molecule has 4 rings (SSSR count). The molecule has 1 aromatic heterocycles. The van der Waals surface area contributed by atoms with Crippen LogP contribution in [-0.4, -0.2) is 36.3 Å². The molecule has 1 N–H and O–H groups in total. The summed E-state index contributed by atoms with van der Waals surface area (Å²) < 4.78 is 19.9. The number of nitrogens with one attached hydrogen (secondary N) is 1. The van der Waals surface area contributed by atoms with E-state index in [1.165, 1.54) is 5.56 Å². The quantitative estimate of drug-likeness (QED) is 0.584. The van der Waals surface area contributed by atoms with Crippen molar-refractivity contribution in [1.82, 2.24) is 9.97 Å². The van der Waals surface area contributed by atoms with Crippen LogP contribution < -0.4 is 10.2 Å². The van der Waals surface area contributed by atoms with Crippen LogP contribution in [0, 0.1) is 5.82 Å². The number of aromatic nitrogens is 2. The van der Waals surface area contributed by atoms with Crippen LogP contribution in [0.4, 0.5) is 15.9 Å². The predicted octanol–water partition coefficient (Wildman–Crippen LogP) is 4.36. The normalized spacial score (nSPS) is 14.0. The average molecular weight is 411 g/mol. The lowest BCUT2D eigenvalue weighted by atomic mass is 10.1. The second-order valence-corrected chi connectivity index (χ2v) is 7.75. The lowest BCUT2D eigenvalue weighted by Gasteiger charge is -2.29. The molecule has 1 aliphatic rings. The van der Waals surface area contributed by atoms with Gasteiger partial charge in [0.2, 0.25) is 0 Å². The number of hydrogen-bond acceptors (Lipinski definition) is 6. The molecule has 1 aliphatic heterocycles. The maximum atomic E-state index is 14.5. The third kappa shape index (κ3) is 5.46. The van der Waals surface area contributed by atoms with E-state index in [0.29, 0.717) is 31.3 Å². The monoisotopic (exact) mass is 410 g/mol. The Kier molecular flexibility index (Phi) is 6.59. The molecule has 2 heterocycles. The molecule has 1 fully saturated rings. The molecule has 0 bridgehead atoms. The molecule has 5 nitrogen and oxygen atoms in total. The van der Waals surface area contributed by atoms with Crippen LogP contribution in [0.5, 0.6) is 0 Å². The molecular weight excluding hydrogens is 387 g/mol. The Morgan fingerprint density at radius 2 is 1.86 bits per heavy atom. The molecule has 0 radical (unpaired) electrons. The molecule has 0 unspecified atom stereocenters. The first-order valence-corrected chi connectivity index (χ1v) is 10.6. The van der Waals surface area contributed by atoms with Crippen LogP contribution in [0.1, 0.15) is 11.1 Å². The highest BCUT2D eigenvalue weighted by Gasteiger charge is 2.15. The first-order chi connectivity index (χ1) is 14.3. The smallest absolute Gasteiger partial charge is 0.146 e. The molecule has 29 heavy (non-hydrogen) atoms. The van der Waals surface area contributed by atoms with Crippen molar-refractivity contribution >= 4 is 23.3 Å². The van der Waals surface area contributed by atoms with E-state index >= 15 is 0 Å². The number of benzene rings is 2. The van der Waals surface area contributed by atoms with Crippen LogP contribution in [0.2, 0.25) is 0 Å². The highest BCUT2D eigenvalue weighted by Crippen LogP contribution is 2.23. The van der Waals surface area contributed by atoms with Crippen LogP contribution in [-0.2, 0) is 17.0 Å². The Morgan fingerprint density at radius 1 is 1.03 bits per heavy atom. The maximum absolute atomic E-state index is 14.5. The zero-order valence-electron chi connectivity index (χ0n) is 16.1. The minimum Gasteiger partial charge on any atom is -0.378 e. The standard InChI is InChI=1S/C22H23FN4OS/c23-19-12-18(6-7-20(19)27-8-10-28-11-9-27)13-25-21-14-24-15-22(26-21)29-16-17-4-2-1-3-5-17/h1-7,12,14-15H,8-11,13,16H2,(H,25,26). The van der Waals surface area contributed by atoms with Gasteiger partial charge in [0.05, 0.1) is 31.3 Å². The number of halogens is 1. The third-order valence-electron chi connectivity index (χ3n) is 4.68. The van der Waals surface area contributed by atoms with Crippen molar-refractivity contribution in [3.05, 3.63) is 77.9 Å². The molecule has 3 aromatic rings. The van der Waals surface area contributed by atoms with E-state index in [4.69, 9.17) is 4.74 Å². The van der Waals surface area contributed by atoms with Crippen molar-refractivity contribution in [2.45, 2.75) is 17.3 Å². The summed E-state index contributed by atoms with van der Waals surface area (Å²) in [5.74, 6) is 1.32. The largest absolute Gasteiger partial charge is 0.378 e. The van der Waals surface area contributed by atoms with Crippen molar-refractivity contribution in [3.8, 4) is 0 Å². The molecule has 7 heteroatoms. The molecular formula is C22H23FN4OS. The van der Waals surface area contributed by atoms with Crippen LogP contribution in [0.3, 0.4) is 0 Å². The Bertz CT molecular complexity index is 935. The van der Waals surface area contributed by atoms with E-state index < -0.39 is 0 Å². The van der Waals surface area contributed by atoms with E-state index in [0.717, 1.165) is 29.4 Å². The van der Waals surface area contributed by atoms with E-state index in [2.05, 4.69) is 27.4 Å². The Hall–Kier alpha value is -2.64. The molecule has 1 saturated heterocycles. The van der Waals surface area contributed by atoms with E-state index in [-0.39, 0.29) is 5.82 Å². The molecule has 2 aromatic carbocycles. The molecule has 0 saturated carbocycles. The number of anilines is 2. The lowest BCUT2D eigenvalue weighted by Crippen LogP contribution is -2.36. The second-order valence-electron chi connectivity index (χ2n) is 6.76. The number of nitrogens with zero attached hydrogens (tertiary/aromatic N) is 3. The van der Waals surface area contributed by atoms with Crippen molar-refractivity contribution in [2.75, 3.05) is 36.5 Å². The fourth-order valence-corrected chi connectivity index (χ4v) is 3.95. The summed E-state index contributed by atoms with van der Waals surface area (Å²) in [4.78, 5) is 10.9. The van der Waals surface area contributed by atoms with Gasteiger partial charge in [-0.1, -0.05) is 36.4 Å². The van der Waals surface area contributed by atoms with Crippen LogP contribution in [0.15, 0.2) is 66.0 Å². The molecule has 0 amide bonds. The minimum atomic E-state index is -0.204. The first-order valence-electron chi connectivity index (χ1n) is 9.62. The third-order valence-corrected chi connectivity index (χ3v) is 5.65. The Morgan fingerprint density at radius 3 is 2.66 bits per heavy atom. The van der Waals surface area contributed by atoms with E-state index in [1.54, 1.807) is 30.2 Å². The van der Waals surface area contributed by atoms with Gasteiger partial charge in [0.25, 0.3) is 0 Å². The summed E-state index contributed by atoms with van der Waals surface area (Å²) in [7, 11) is 0. The van der Waals surface area contributed by atoms with Crippen molar-refractivity contribution < 1.29 is 9.13 Å². The minimum absolute atomic E-state index is 0.204. The summed E-state index contributed by atoms with van der Waals surface area (Å²) >= 11 is 1.64. The van der Waals surface area contributed by atoms with Gasteiger partial charge in [-0.15, -0.1) is 11.8 Å². The highest BCUT2D eigenvalue weighted by molar-refractivity contribution is 7.98. The van der Waals surface area contributed by atoms with Crippen molar-refractivity contribution in [2.24, 2.45) is 0 Å². The van der Waals surface area contributed by atoms with Gasteiger partial charge >= 0.3 is 0 Å². The Labute approximate surface area is 174 Å². The summed E-state index contributed by atoms with van der Waals surface area (Å²) in [6, 6.07) is 15.6. The van der Waals surface area contributed by atoms with Gasteiger partial charge in [0, 0.05) is 25.4 Å². The van der Waals surface area contributed by atoms with Gasteiger partial charge in [0.1, 0.15) is 16.7 Å². The second kappa shape index (κ2) is 9.71. The first kappa shape index (κ1) is 19.7. The highest BCUT2D eigenvalue weighted by atomic mass is 32.2. The molecule has 0 spiro atoms. The number of morpholine rings is 1. The van der Waals surface area contributed by atoms with E-state index in [9.17, 15) is 4.39 Å². The number of rotatable bonds is 7. The zero-order chi connectivity index (χ0) is 19.9. The van der Waals surface area contributed by atoms with E-state index in [1.807, 2.05) is 35.2 Å². The number of ether oxygens (including phenoxy) is 1. The van der Waals surface area contributed by atoms with Crippen LogP contribution >= 0.6 is 11.8 Å². The van der Waals surface area contributed by atoms with Crippen molar-refractivity contribution in [3.63, 3.8) is 0 Å². The van der Waals surface area contributed by atoms with Gasteiger partial charge in [-0.05, 0) is 23.3 Å². The number of thioether (sulfide) groups is 1. The number of hydrogen-bond donors (Lipinski definition) is 1. The fourth-order valence-electron chi connectivity index (χ4n) is 3.15. The van der Waals surface area contributed by atoms with Gasteiger partial charge in [-0.3, -0.25) is 4.98 Å². The Balaban J connectivity index is 1.34. The topological polar surface area (TPSA) is 50.3 Å². The van der Waals surface area contributed by atoms with Gasteiger partial charge < -0.3 is 15.0 Å². The van der Waals surface area contributed by atoms with Gasteiger partial charge in [-0.2, -0.15) is 0 Å². The lowest BCUT2D eigenvalue weighted by molar-refractivity contribution is 0.122. The molecule has 150 valence electrons. The average Bonchev–Trinajstić information content (AvgIpc) is 2.78. The SMILES string of the molecule is Fc1cc(CNc2cncc(SCc3ccccc3)n2)ccc1N1CCOCC1.